The topological polar surface area (TPSA) is 3.24 Å². The molecule has 0 bridgehead atoms. The van der Waals surface area contributed by atoms with Crippen molar-refractivity contribution in [1.29, 1.82) is 0 Å². The normalized spacial score (nSPS) is 18.4. The number of halogens is 3. The molecule has 0 radical (unpaired) electrons. The zero-order chi connectivity index (χ0) is 13.0. The molecule has 1 heterocycles. The van der Waals surface area contributed by atoms with Gasteiger partial charge in [0.2, 0.25) is 0 Å². The highest BCUT2D eigenvalue weighted by Crippen LogP contribution is 2.23. The average Bonchev–Trinajstić information content (AvgIpc) is 2.32. The van der Waals surface area contributed by atoms with Crippen molar-refractivity contribution in [2.75, 3.05) is 13.1 Å². The van der Waals surface area contributed by atoms with Crippen LogP contribution in [0.4, 0.5) is 8.78 Å². The van der Waals surface area contributed by atoms with Gasteiger partial charge in [0, 0.05) is 12.1 Å². The lowest BCUT2D eigenvalue weighted by atomic mass is 10.1. The van der Waals surface area contributed by atoms with E-state index >= 15 is 0 Å². The first-order chi connectivity index (χ1) is 8.68. The second-order valence-corrected chi connectivity index (χ2v) is 5.72. The summed E-state index contributed by atoms with van der Waals surface area (Å²) in [4.78, 5) is 2.16. The molecule has 0 N–H and O–H groups in total. The molecule has 1 fully saturated rings. The summed E-state index contributed by atoms with van der Waals surface area (Å²) < 4.78 is 27.9. The fraction of sp³-hybridized carbons (Fsp3) is 0.571. The van der Waals surface area contributed by atoms with E-state index in [4.69, 9.17) is 0 Å². The van der Waals surface area contributed by atoms with Crippen molar-refractivity contribution in [2.45, 2.75) is 38.6 Å². The first-order valence-corrected chi connectivity index (χ1v) is 7.32. The van der Waals surface area contributed by atoms with Crippen LogP contribution >= 0.6 is 15.9 Å². The molecule has 1 saturated heterocycles. The van der Waals surface area contributed by atoms with Crippen LogP contribution in [0.15, 0.2) is 16.6 Å². The molecule has 100 valence electrons. The number of hydrogen-bond donors (Lipinski definition) is 0. The highest BCUT2D eigenvalue weighted by Gasteiger charge is 2.16. The van der Waals surface area contributed by atoms with Crippen LogP contribution in [-0.4, -0.2) is 18.0 Å². The lowest BCUT2D eigenvalue weighted by Gasteiger charge is -2.25. The molecule has 1 aliphatic rings. The highest BCUT2D eigenvalue weighted by atomic mass is 79.9. The third-order valence-corrected chi connectivity index (χ3v) is 4.08. The molecule has 0 unspecified atom stereocenters. The molecule has 1 nitrogen and oxygen atoms in total. The molecular weight excluding hydrogens is 300 g/mol. The van der Waals surface area contributed by atoms with Crippen molar-refractivity contribution in [3.05, 3.63) is 33.8 Å². The molecule has 0 aliphatic carbocycles. The van der Waals surface area contributed by atoms with Gasteiger partial charge in [0.1, 0.15) is 11.6 Å². The van der Waals surface area contributed by atoms with Crippen molar-refractivity contribution in [2.24, 2.45) is 0 Å². The van der Waals surface area contributed by atoms with Crippen LogP contribution in [0.1, 0.15) is 37.7 Å². The summed E-state index contributed by atoms with van der Waals surface area (Å²) >= 11 is 3.11. The number of benzene rings is 1. The van der Waals surface area contributed by atoms with Gasteiger partial charge in [-0.05, 0) is 54.0 Å². The van der Waals surface area contributed by atoms with E-state index in [1.807, 2.05) is 0 Å². The van der Waals surface area contributed by atoms with Gasteiger partial charge in [0.25, 0.3) is 0 Å². The summed E-state index contributed by atoms with van der Waals surface area (Å²) in [7, 11) is 0. The lowest BCUT2D eigenvalue weighted by Crippen LogP contribution is -2.27. The number of nitrogens with zero attached hydrogens (tertiary/aromatic N) is 1. The van der Waals surface area contributed by atoms with Crippen LogP contribution in [-0.2, 0) is 6.54 Å². The number of rotatable bonds is 2. The summed E-state index contributed by atoms with van der Waals surface area (Å²) in [6.07, 6.45) is 5.97. The quantitative estimate of drug-likeness (QED) is 0.726. The largest absolute Gasteiger partial charge is 0.299 e. The fourth-order valence-corrected chi connectivity index (χ4v) is 2.78. The van der Waals surface area contributed by atoms with Crippen molar-refractivity contribution >= 4 is 15.9 Å². The van der Waals surface area contributed by atoms with Crippen LogP contribution < -0.4 is 0 Å². The molecule has 1 aliphatic heterocycles. The summed E-state index contributed by atoms with van der Waals surface area (Å²) in [6.45, 7) is 2.24. The van der Waals surface area contributed by atoms with Crippen molar-refractivity contribution in [1.82, 2.24) is 4.90 Å². The Morgan fingerprint density at radius 2 is 1.61 bits per heavy atom. The summed E-state index contributed by atoms with van der Waals surface area (Å²) in [5, 5.41) is 0. The van der Waals surface area contributed by atoms with Crippen LogP contribution in [0, 0.1) is 11.6 Å². The predicted octanol–water partition coefficient (Wildman–Crippen LogP) is 4.49. The van der Waals surface area contributed by atoms with Gasteiger partial charge in [-0.15, -0.1) is 0 Å². The SMILES string of the molecule is Fc1ccc(Br)c(F)c1CN1CCCCCCC1. The van der Waals surface area contributed by atoms with Gasteiger partial charge in [-0.3, -0.25) is 4.90 Å². The Morgan fingerprint density at radius 1 is 1.00 bits per heavy atom. The molecule has 0 saturated carbocycles. The van der Waals surface area contributed by atoms with E-state index < -0.39 is 11.6 Å². The van der Waals surface area contributed by atoms with Crippen LogP contribution in [0.5, 0.6) is 0 Å². The number of hydrogen-bond acceptors (Lipinski definition) is 1. The number of likely N-dealkylation sites (tertiary alicyclic amines) is 1. The van der Waals surface area contributed by atoms with E-state index in [1.165, 1.54) is 31.4 Å². The van der Waals surface area contributed by atoms with Gasteiger partial charge in [-0.1, -0.05) is 19.3 Å². The maximum absolute atomic E-state index is 13.9. The predicted molar refractivity (Wildman–Crippen MR) is 72.4 cm³/mol. The van der Waals surface area contributed by atoms with Gasteiger partial charge in [-0.2, -0.15) is 0 Å². The molecule has 0 aromatic heterocycles. The fourth-order valence-electron chi connectivity index (χ4n) is 2.41. The standard InChI is InChI=1S/C14H18BrF2N/c15-12-6-7-13(16)11(14(12)17)10-18-8-4-2-1-3-5-9-18/h6-7H,1-5,8-10H2. The van der Waals surface area contributed by atoms with E-state index in [9.17, 15) is 8.78 Å². The van der Waals surface area contributed by atoms with E-state index in [0.717, 1.165) is 25.9 Å². The zero-order valence-corrected chi connectivity index (χ0v) is 12.0. The van der Waals surface area contributed by atoms with E-state index in [-0.39, 0.29) is 5.56 Å². The Balaban J connectivity index is 2.09. The molecule has 0 atom stereocenters. The Kier molecular flexibility index (Phi) is 5.13. The maximum Gasteiger partial charge on any atom is 0.144 e. The summed E-state index contributed by atoms with van der Waals surface area (Å²) in [5.74, 6) is -0.908. The van der Waals surface area contributed by atoms with Gasteiger partial charge >= 0.3 is 0 Å². The molecule has 0 spiro atoms. The minimum atomic E-state index is -0.461. The van der Waals surface area contributed by atoms with Crippen molar-refractivity contribution < 1.29 is 8.78 Å². The first kappa shape index (κ1) is 13.9. The first-order valence-electron chi connectivity index (χ1n) is 6.53. The minimum Gasteiger partial charge on any atom is -0.299 e. The van der Waals surface area contributed by atoms with Gasteiger partial charge in [-0.25, -0.2) is 8.78 Å². The van der Waals surface area contributed by atoms with Crippen molar-refractivity contribution in [3.8, 4) is 0 Å². The van der Waals surface area contributed by atoms with Gasteiger partial charge in [0.05, 0.1) is 4.47 Å². The summed E-state index contributed by atoms with van der Waals surface area (Å²) in [5.41, 5.74) is 0.185. The summed E-state index contributed by atoms with van der Waals surface area (Å²) in [6, 6.07) is 2.74. The molecule has 1 aromatic carbocycles. The van der Waals surface area contributed by atoms with E-state index in [0.29, 0.717) is 11.0 Å². The smallest absolute Gasteiger partial charge is 0.144 e. The third-order valence-electron chi connectivity index (χ3n) is 3.47. The van der Waals surface area contributed by atoms with Crippen molar-refractivity contribution in [3.63, 3.8) is 0 Å². The van der Waals surface area contributed by atoms with Gasteiger partial charge < -0.3 is 0 Å². The molecule has 0 amide bonds. The Labute approximate surface area is 115 Å². The average molecular weight is 318 g/mol. The minimum absolute atomic E-state index is 0.185. The lowest BCUT2D eigenvalue weighted by molar-refractivity contribution is 0.233. The molecule has 2 rings (SSSR count). The molecular formula is C14H18BrF2N. The Hall–Kier alpha value is -0.480. The Bertz CT molecular complexity index is 401. The van der Waals surface area contributed by atoms with E-state index in [2.05, 4.69) is 20.8 Å². The second-order valence-electron chi connectivity index (χ2n) is 4.87. The molecule has 1 aromatic rings. The molecule has 18 heavy (non-hydrogen) atoms. The monoisotopic (exact) mass is 317 g/mol. The highest BCUT2D eigenvalue weighted by molar-refractivity contribution is 9.10. The van der Waals surface area contributed by atoms with Crippen LogP contribution in [0.3, 0.4) is 0 Å². The van der Waals surface area contributed by atoms with Crippen LogP contribution in [0.2, 0.25) is 0 Å². The van der Waals surface area contributed by atoms with E-state index in [1.54, 1.807) is 0 Å². The Morgan fingerprint density at radius 3 is 2.28 bits per heavy atom. The van der Waals surface area contributed by atoms with Gasteiger partial charge in [0.15, 0.2) is 0 Å². The second kappa shape index (κ2) is 6.62. The maximum atomic E-state index is 13.9. The zero-order valence-electron chi connectivity index (χ0n) is 10.4. The molecule has 4 heteroatoms. The third kappa shape index (κ3) is 3.51. The van der Waals surface area contributed by atoms with Crippen LogP contribution in [0.25, 0.3) is 0 Å².